The SMILES string of the molecule is CCCCCc1c2nc(c(CCCCC)c3ccc([n-]3)c(-c3ccc(-c4ccc(-c5ccc(SC(C)=O)s5)s4)s3)c3nc(c(CCCCC)c4ccc1[n-]4)C=C3)C=C2.[Zn+2]. The molecule has 6 aromatic heterocycles. The number of thioether (sulfide) groups is 1. The molecule has 0 amide bonds. The topological polar surface area (TPSA) is 71.1 Å². The molecule has 8 heterocycles. The van der Waals surface area contributed by atoms with E-state index in [-0.39, 0.29) is 24.6 Å². The fourth-order valence-corrected chi connectivity index (χ4v) is 12.0. The Kier molecular flexibility index (Phi) is 14.9. The van der Waals surface area contributed by atoms with E-state index in [1.54, 1.807) is 40.9 Å². The minimum absolute atomic E-state index is 0. The summed E-state index contributed by atoms with van der Waals surface area (Å²) in [5, 5.41) is 0.112. The first-order chi connectivity index (χ1) is 28.4. The number of hydrogen-bond acceptors (Lipinski definition) is 7. The van der Waals surface area contributed by atoms with Crippen molar-refractivity contribution >= 4 is 97.3 Å². The van der Waals surface area contributed by atoms with Crippen molar-refractivity contribution in [3.05, 3.63) is 100 Å². The first-order valence-electron chi connectivity index (χ1n) is 20.9. The second kappa shape index (κ2) is 20.3. The van der Waals surface area contributed by atoms with Crippen LogP contribution in [-0.2, 0) is 43.5 Å². The van der Waals surface area contributed by atoms with E-state index in [1.807, 2.05) is 6.07 Å². The van der Waals surface area contributed by atoms with Crippen molar-refractivity contribution in [2.45, 2.75) is 109 Å². The quantitative estimate of drug-likeness (QED) is 0.0546. The van der Waals surface area contributed by atoms with Crippen LogP contribution in [0.4, 0.5) is 0 Å². The van der Waals surface area contributed by atoms with Crippen LogP contribution in [0.5, 0.6) is 0 Å². The number of aromatic nitrogens is 4. The summed E-state index contributed by atoms with van der Waals surface area (Å²) in [6.07, 6.45) is 22.0. The van der Waals surface area contributed by atoms with Gasteiger partial charge >= 0.3 is 19.5 Å². The number of aryl methyl sites for hydroxylation is 3. The van der Waals surface area contributed by atoms with Crippen molar-refractivity contribution in [1.82, 2.24) is 19.9 Å². The second-order valence-electron chi connectivity index (χ2n) is 15.1. The Morgan fingerprint density at radius 2 is 0.898 bits per heavy atom. The number of carbonyl (C=O) groups is 1. The van der Waals surface area contributed by atoms with Crippen LogP contribution in [0.3, 0.4) is 0 Å². The second-order valence-corrected chi connectivity index (χ2v) is 19.8. The zero-order valence-corrected chi connectivity index (χ0v) is 40.8. The Morgan fingerprint density at radius 1 is 0.508 bits per heavy atom. The van der Waals surface area contributed by atoms with E-state index in [4.69, 9.17) is 19.9 Å². The molecule has 0 spiro atoms. The number of fused-ring (bicyclic) bond motifs is 8. The maximum absolute atomic E-state index is 11.7. The zero-order valence-electron chi connectivity index (χ0n) is 34.6. The van der Waals surface area contributed by atoms with E-state index >= 15 is 0 Å². The molecule has 8 rings (SSSR count). The monoisotopic (exact) mass is 902 g/mol. The summed E-state index contributed by atoms with van der Waals surface area (Å²) in [7, 11) is 0. The van der Waals surface area contributed by atoms with Gasteiger partial charge in [-0.05, 0) is 128 Å². The largest absolute Gasteiger partial charge is 2.00 e. The molecule has 6 aromatic rings. The molecular formula is C49H50N4OS4Zn. The van der Waals surface area contributed by atoms with Crippen molar-refractivity contribution in [3.63, 3.8) is 0 Å². The Morgan fingerprint density at radius 3 is 1.39 bits per heavy atom. The predicted molar refractivity (Wildman–Crippen MR) is 253 cm³/mol. The van der Waals surface area contributed by atoms with Crippen molar-refractivity contribution in [3.8, 4) is 29.9 Å². The Balaban J connectivity index is 0.00000528. The Labute approximate surface area is 377 Å². The molecule has 0 aliphatic carbocycles. The fraction of sp³-hybridized carbons (Fsp3) is 0.327. The van der Waals surface area contributed by atoms with Crippen LogP contribution in [0.15, 0.2) is 64.9 Å². The van der Waals surface area contributed by atoms with Gasteiger partial charge < -0.3 is 9.97 Å². The predicted octanol–water partition coefficient (Wildman–Crippen LogP) is 14.9. The third kappa shape index (κ3) is 9.95. The normalized spacial score (nSPS) is 12.1. The molecule has 0 saturated heterocycles. The summed E-state index contributed by atoms with van der Waals surface area (Å²) < 4.78 is 1.03. The van der Waals surface area contributed by atoms with Gasteiger partial charge in [0.1, 0.15) is 0 Å². The van der Waals surface area contributed by atoms with Crippen molar-refractivity contribution in [2.24, 2.45) is 0 Å². The number of carbonyl (C=O) groups excluding carboxylic acids is 1. The van der Waals surface area contributed by atoms with Crippen LogP contribution in [0, 0.1) is 0 Å². The van der Waals surface area contributed by atoms with Crippen LogP contribution >= 0.6 is 45.8 Å². The molecule has 59 heavy (non-hydrogen) atoms. The summed E-state index contributed by atoms with van der Waals surface area (Å²) in [4.78, 5) is 39.3. The van der Waals surface area contributed by atoms with Crippen LogP contribution in [0.25, 0.3) is 76.3 Å². The third-order valence-corrected chi connectivity index (χ3v) is 15.4. The molecule has 2 aliphatic rings. The van der Waals surface area contributed by atoms with E-state index in [0.29, 0.717) is 0 Å². The minimum atomic E-state index is 0. The smallest absolute Gasteiger partial charge is 0.657 e. The van der Waals surface area contributed by atoms with Gasteiger partial charge in [0.05, 0.1) is 27.0 Å². The number of thiophene rings is 3. The van der Waals surface area contributed by atoms with Gasteiger partial charge in [0.25, 0.3) is 0 Å². The molecule has 0 aromatic carbocycles. The summed E-state index contributed by atoms with van der Waals surface area (Å²) in [5.74, 6) is 0. The Bertz CT molecular complexity index is 2640. The summed E-state index contributed by atoms with van der Waals surface area (Å²) in [6.45, 7) is 8.40. The number of unbranched alkanes of at least 4 members (excludes halogenated alkanes) is 6. The first kappa shape index (κ1) is 43.4. The van der Waals surface area contributed by atoms with Gasteiger partial charge in [-0.25, -0.2) is 9.97 Å². The molecule has 0 fully saturated rings. The van der Waals surface area contributed by atoms with E-state index < -0.39 is 0 Å². The van der Waals surface area contributed by atoms with E-state index in [9.17, 15) is 4.79 Å². The van der Waals surface area contributed by atoms with Crippen molar-refractivity contribution in [1.29, 1.82) is 0 Å². The van der Waals surface area contributed by atoms with E-state index in [2.05, 4.69) is 99.7 Å². The molecule has 0 saturated carbocycles. The van der Waals surface area contributed by atoms with Gasteiger partial charge in [-0.1, -0.05) is 83.6 Å². The maximum Gasteiger partial charge on any atom is 2.00 e. The molecule has 10 heteroatoms. The molecule has 5 nitrogen and oxygen atoms in total. The standard InChI is InChI=1S/C49H50N4OS4.Zn/c1-5-8-11-14-32-35-17-19-37(50-35)33(15-12-9-6-2)39-21-23-41(52-39)49(42-24-22-40(53-42)34(16-13-10-7-3)38-20-18-36(32)51-38)47-28-27-44(57-47)43-25-26-45(56-43)46-29-30-48(58-46)55-31(4)54;/h17-30H,5-16H2,1-4H3;/q-2;+2. The van der Waals surface area contributed by atoms with E-state index in [0.717, 1.165) is 111 Å². The summed E-state index contributed by atoms with van der Waals surface area (Å²) in [6, 6.07) is 21.9. The molecule has 0 radical (unpaired) electrons. The van der Waals surface area contributed by atoms with Crippen LogP contribution in [-0.4, -0.2) is 15.1 Å². The molecule has 0 atom stereocenters. The van der Waals surface area contributed by atoms with Gasteiger partial charge in [0.15, 0.2) is 5.12 Å². The molecule has 0 unspecified atom stereocenters. The molecule has 0 N–H and O–H groups in total. The number of rotatable bonds is 16. The van der Waals surface area contributed by atoms with Gasteiger partial charge in [-0.2, -0.15) is 0 Å². The van der Waals surface area contributed by atoms with Crippen LogP contribution in [0.1, 0.15) is 125 Å². The third-order valence-electron chi connectivity index (χ3n) is 10.8. The fourth-order valence-electron chi connectivity index (χ4n) is 7.79. The van der Waals surface area contributed by atoms with E-state index in [1.165, 1.54) is 73.6 Å². The summed E-state index contributed by atoms with van der Waals surface area (Å²) in [5.41, 5.74) is 12.7. The molecule has 298 valence electrons. The van der Waals surface area contributed by atoms with Gasteiger partial charge in [0.2, 0.25) is 0 Å². The molecular weight excluding hydrogens is 854 g/mol. The van der Waals surface area contributed by atoms with Gasteiger partial charge in [-0.3, -0.25) is 4.79 Å². The average Bonchev–Trinajstić information content (AvgIpc) is 4.07. The number of hydrogen-bond donors (Lipinski definition) is 0. The van der Waals surface area contributed by atoms with Crippen molar-refractivity contribution in [2.75, 3.05) is 0 Å². The molecule has 8 bridgehead atoms. The molecule has 2 aliphatic heterocycles. The van der Waals surface area contributed by atoms with Gasteiger partial charge in [-0.15, -0.1) is 56.1 Å². The first-order valence-corrected chi connectivity index (χ1v) is 24.2. The van der Waals surface area contributed by atoms with Crippen LogP contribution < -0.4 is 9.97 Å². The Hall–Kier alpha value is -3.66. The minimum Gasteiger partial charge on any atom is -0.657 e. The average molecular weight is 905 g/mol. The maximum atomic E-state index is 11.7. The zero-order chi connectivity index (χ0) is 40.0. The van der Waals surface area contributed by atoms with Gasteiger partial charge in [0, 0.05) is 36.9 Å². The van der Waals surface area contributed by atoms with Crippen LogP contribution in [0.2, 0.25) is 0 Å². The van der Waals surface area contributed by atoms with Crippen molar-refractivity contribution < 1.29 is 24.3 Å². The number of nitrogens with zero attached hydrogens (tertiary/aromatic N) is 4. The summed E-state index contributed by atoms with van der Waals surface area (Å²) >= 11 is 6.57.